The first-order valence-electron chi connectivity index (χ1n) is 5.29. The van der Waals surface area contributed by atoms with Crippen molar-refractivity contribution < 1.29 is 0 Å². The van der Waals surface area contributed by atoms with E-state index in [1.54, 1.807) is 0 Å². The van der Waals surface area contributed by atoms with Gasteiger partial charge in [0, 0.05) is 0 Å². The van der Waals surface area contributed by atoms with E-state index in [1.807, 2.05) is 0 Å². The van der Waals surface area contributed by atoms with Crippen molar-refractivity contribution in [3.8, 4) is 0 Å². The summed E-state index contributed by atoms with van der Waals surface area (Å²) in [4.78, 5) is 0. The Morgan fingerprint density at radius 2 is 2.00 bits per heavy atom. The predicted molar refractivity (Wildman–Crippen MR) is 53.0 cm³/mol. The van der Waals surface area contributed by atoms with Crippen LogP contribution in [0.15, 0.2) is 12.2 Å². The molecule has 2 fully saturated rings. The highest BCUT2D eigenvalue weighted by Crippen LogP contribution is 2.56. The normalized spacial score (nSPS) is 39.7. The monoisotopic (exact) mass is 164 g/mol. The van der Waals surface area contributed by atoms with E-state index >= 15 is 0 Å². The summed E-state index contributed by atoms with van der Waals surface area (Å²) in [5, 5.41) is 0. The van der Waals surface area contributed by atoms with Crippen molar-refractivity contribution in [1.82, 2.24) is 0 Å². The van der Waals surface area contributed by atoms with Crippen LogP contribution in [0.3, 0.4) is 0 Å². The molecule has 0 radical (unpaired) electrons. The predicted octanol–water partition coefficient (Wildman–Crippen LogP) is 3.78. The number of hydrogen-bond acceptors (Lipinski definition) is 0. The van der Waals surface area contributed by atoms with Crippen molar-refractivity contribution in [3.63, 3.8) is 0 Å². The molecule has 2 saturated carbocycles. The molecule has 0 aliphatic heterocycles. The summed E-state index contributed by atoms with van der Waals surface area (Å²) in [6, 6.07) is 0. The highest BCUT2D eigenvalue weighted by Gasteiger charge is 2.45. The maximum Gasteiger partial charge on any atom is -0.0234 e. The Morgan fingerprint density at radius 1 is 1.33 bits per heavy atom. The van der Waals surface area contributed by atoms with Crippen molar-refractivity contribution >= 4 is 0 Å². The van der Waals surface area contributed by atoms with Crippen LogP contribution >= 0.6 is 0 Å². The summed E-state index contributed by atoms with van der Waals surface area (Å²) >= 11 is 0. The zero-order valence-corrected chi connectivity index (χ0v) is 8.40. The summed E-state index contributed by atoms with van der Waals surface area (Å²) in [6.07, 6.45) is 7.10. The van der Waals surface area contributed by atoms with E-state index in [-0.39, 0.29) is 0 Å². The second-order valence-electron chi connectivity index (χ2n) is 5.19. The van der Waals surface area contributed by atoms with Crippen LogP contribution in [-0.2, 0) is 0 Å². The zero-order valence-electron chi connectivity index (χ0n) is 8.40. The van der Waals surface area contributed by atoms with E-state index in [2.05, 4.69) is 20.4 Å². The molecule has 0 heterocycles. The summed E-state index contributed by atoms with van der Waals surface area (Å²) in [5.41, 5.74) is 2.24. The fourth-order valence-corrected chi connectivity index (χ4v) is 2.48. The summed E-state index contributed by atoms with van der Waals surface area (Å²) in [5.74, 6) is 1.77. The van der Waals surface area contributed by atoms with Gasteiger partial charge < -0.3 is 0 Å². The van der Waals surface area contributed by atoms with Gasteiger partial charge in [0.05, 0.1) is 0 Å². The van der Waals surface area contributed by atoms with Gasteiger partial charge in [0.25, 0.3) is 0 Å². The fraction of sp³-hybridized carbons (Fsp3) is 0.833. The molecular formula is C12H20. The lowest BCUT2D eigenvalue weighted by atomic mass is 9.73. The van der Waals surface area contributed by atoms with Crippen molar-refractivity contribution in [3.05, 3.63) is 12.2 Å². The Balaban J connectivity index is 1.98. The average molecular weight is 164 g/mol. The molecule has 0 aromatic carbocycles. The third kappa shape index (κ3) is 1.32. The minimum Gasteiger partial charge on any atom is -0.0996 e. The SMILES string of the molecule is C=C1CC(C2(C)CC2)CCC1C. The molecule has 0 spiro atoms. The molecule has 0 amide bonds. The molecule has 2 aliphatic carbocycles. The third-order valence-corrected chi connectivity index (χ3v) is 4.18. The van der Waals surface area contributed by atoms with E-state index in [0.717, 1.165) is 17.3 Å². The fourth-order valence-electron chi connectivity index (χ4n) is 2.48. The van der Waals surface area contributed by atoms with Crippen LogP contribution in [0.25, 0.3) is 0 Å². The number of allylic oxidation sites excluding steroid dienone is 1. The highest BCUT2D eigenvalue weighted by molar-refractivity contribution is 5.09. The van der Waals surface area contributed by atoms with Gasteiger partial charge in [-0.05, 0) is 49.4 Å². The molecule has 0 aromatic rings. The van der Waals surface area contributed by atoms with Gasteiger partial charge in [0.1, 0.15) is 0 Å². The minimum absolute atomic E-state index is 0.725. The topological polar surface area (TPSA) is 0 Å². The lowest BCUT2D eigenvalue weighted by Gasteiger charge is -2.32. The number of hydrogen-bond donors (Lipinski definition) is 0. The summed E-state index contributed by atoms with van der Waals surface area (Å²) in [6.45, 7) is 8.97. The molecule has 0 aromatic heterocycles. The maximum absolute atomic E-state index is 4.19. The second-order valence-corrected chi connectivity index (χ2v) is 5.19. The largest absolute Gasteiger partial charge is 0.0996 e. The van der Waals surface area contributed by atoms with Gasteiger partial charge in [-0.25, -0.2) is 0 Å². The van der Waals surface area contributed by atoms with Gasteiger partial charge in [0.2, 0.25) is 0 Å². The Hall–Kier alpha value is -0.260. The van der Waals surface area contributed by atoms with Crippen molar-refractivity contribution in [1.29, 1.82) is 0 Å². The molecule has 0 bridgehead atoms. The van der Waals surface area contributed by atoms with Crippen LogP contribution in [0.5, 0.6) is 0 Å². The third-order valence-electron chi connectivity index (χ3n) is 4.18. The van der Waals surface area contributed by atoms with Gasteiger partial charge in [0.15, 0.2) is 0 Å². The molecule has 2 aliphatic rings. The first-order chi connectivity index (χ1) is 5.62. The smallest absolute Gasteiger partial charge is 0.0234 e. The van der Waals surface area contributed by atoms with E-state index in [9.17, 15) is 0 Å². The molecule has 12 heavy (non-hydrogen) atoms. The van der Waals surface area contributed by atoms with Gasteiger partial charge in [-0.15, -0.1) is 0 Å². The maximum atomic E-state index is 4.19. The van der Waals surface area contributed by atoms with Crippen LogP contribution < -0.4 is 0 Å². The van der Waals surface area contributed by atoms with E-state index in [4.69, 9.17) is 0 Å². The first-order valence-corrected chi connectivity index (χ1v) is 5.29. The van der Waals surface area contributed by atoms with E-state index in [0.29, 0.717) is 0 Å². The molecule has 0 heteroatoms. The highest BCUT2D eigenvalue weighted by atomic mass is 14.5. The minimum atomic E-state index is 0.725. The van der Waals surface area contributed by atoms with Crippen molar-refractivity contribution in [2.45, 2.75) is 46.0 Å². The molecular weight excluding hydrogens is 144 g/mol. The van der Waals surface area contributed by atoms with Crippen molar-refractivity contribution in [2.75, 3.05) is 0 Å². The van der Waals surface area contributed by atoms with Crippen LogP contribution in [0.4, 0.5) is 0 Å². The molecule has 68 valence electrons. The second kappa shape index (κ2) is 2.61. The zero-order chi connectivity index (χ0) is 8.77. The van der Waals surface area contributed by atoms with Gasteiger partial charge in [-0.2, -0.15) is 0 Å². The molecule has 0 nitrogen and oxygen atoms in total. The van der Waals surface area contributed by atoms with Crippen molar-refractivity contribution in [2.24, 2.45) is 17.3 Å². The van der Waals surface area contributed by atoms with E-state index in [1.165, 1.54) is 37.7 Å². The van der Waals surface area contributed by atoms with E-state index < -0.39 is 0 Å². The van der Waals surface area contributed by atoms with Crippen LogP contribution in [0.1, 0.15) is 46.0 Å². The molecule has 0 saturated heterocycles. The standard InChI is InChI=1S/C12H20/c1-9-4-5-11(8-10(9)2)12(3)6-7-12/h9,11H,2,4-8H2,1,3H3. The van der Waals surface area contributed by atoms with Gasteiger partial charge >= 0.3 is 0 Å². The Morgan fingerprint density at radius 3 is 2.50 bits per heavy atom. The first kappa shape index (κ1) is 8.34. The number of rotatable bonds is 1. The van der Waals surface area contributed by atoms with Gasteiger partial charge in [-0.3, -0.25) is 0 Å². The van der Waals surface area contributed by atoms with Crippen LogP contribution in [0.2, 0.25) is 0 Å². The quantitative estimate of drug-likeness (QED) is 0.517. The van der Waals surface area contributed by atoms with Gasteiger partial charge in [-0.1, -0.05) is 26.0 Å². The molecule has 2 unspecified atom stereocenters. The molecule has 2 atom stereocenters. The lowest BCUT2D eigenvalue weighted by molar-refractivity contribution is 0.255. The Bertz CT molecular complexity index is 198. The van der Waals surface area contributed by atoms with Crippen LogP contribution in [-0.4, -0.2) is 0 Å². The average Bonchev–Trinajstić information content (AvgIpc) is 2.75. The lowest BCUT2D eigenvalue weighted by Crippen LogP contribution is -2.21. The summed E-state index contributed by atoms with van der Waals surface area (Å²) < 4.78 is 0. The Labute approximate surface area is 76.1 Å². The van der Waals surface area contributed by atoms with Crippen LogP contribution in [0, 0.1) is 17.3 Å². The Kier molecular flexibility index (Phi) is 1.82. The molecule has 0 N–H and O–H groups in total. The molecule has 2 rings (SSSR count). The summed E-state index contributed by atoms with van der Waals surface area (Å²) in [7, 11) is 0.